The number of halogens is 2. The highest BCUT2D eigenvalue weighted by Gasteiger charge is 2.38. The maximum Gasteiger partial charge on any atom is 0.326 e. The molecule has 2 atom stereocenters. The molecule has 0 bridgehead atoms. The summed E-state index contributed by atoms with van der Waals surface area (Å²) in [5.74, 6) is -1.66. The molecule has 2 rings (SSSR count). The summed E-state index contributed by atoms with van der Waals surface area (Å²) >= 11 is 3.14. The number of nitrogens with one attached hydrogen (secondary N) is 1. The molecule has 0 saturated heterocycles. The highest BCUT2D eigenvalue weighted by Crippen LogP contribution is 2.33. The second-order valence-electron chi connectivity index (χ2n) is 5.00. The predicted molar refractivity (Wildman–Crippen MR) is 76.5 cm³/mol. The van der Waals surface area contributed by atoms with Crippen LogP contribution < -0.4 is 10.1 Å². The zero-order valence-corrected chi connectivity index (χ0v) is 12.9. The van der Waals surface area contributed by atoms with E-state index in [1.54, 1.807) is 0 Å². The Morgan fingerprint density at radius 2 is 2.14 bits per heavy atom. The van der Waals surface area contributed by atoms with E-state index < -0.39 is 29.8 Å². The standard InChI is InChI=1S/C14H15BrFNO4/c1-7(21-11-5-4-9(16)6-10(11)15)13(18)17-12(14(19)20)8-2-3-8/h4-8,12H,2-3H2,1H3,(H,17,18)(H,19,20). The fourth-order valence-electron chi connectivity index (χ4n) is 1.90. The topological polar surface area (TPSA) is 75.6 Å². The summed E-state index contributed by atoms with van der Waals surface area (Å²) in [5.41, 5.74) is 0. The van der Waals surface area contributed by atoms with Gasteiger partial charge in [-0.25, -0.2) is 9.18 Å². The van der Waals surface area contributed by atoms with Crippen LogP contribution in [-0.4, -0.2) is 29.1 Å². The lowest BCUT2D eigenvalue weighted by molar-refractivity contribution is -0.143. The molecule has 0 spiro atoms. The fourth-order valence-corrected chi connectivity index (χ4v) is 2.34. The molecule has 1 aromatic carbocycles. The van der Waals surface area contributed by atoms with Crippen LogP contribution in [0, 0.1) is 11.7 Å². The molecule has 1 amide bonds. The molecule has 114 valence electrons. The van der Waals surface area contributed by atoms with Crippen LogP contribution in [0.3, 0.4) is 0 Å². The Hall–Kier alpha value is -1.63. The van der Waals surface area contributed by atoms with E-state index in [1.165, 1.54) is 25.1 Å². The average molecular weight is 360 g/mol. The van der Waals surface area contributed by atoms with Crippen LogP contribution in [0.15, 0.2) is 22.7 Å². The van der Waals surface area contributed by atoms with Crippen LogP contribution in [0.2, 0.25) is 0 Å². The van der Waals surface area contributed by atoms with Gasteiger partial charge in [-0.3, -0.25) is 4.79 Å². The molecule has 0 aromatic heterocycles. The Morgan fingerprint density at radius 3 is 2.67 bits per heavy atom. The number of carboxylic acids is 1. The molecular formula is C14H15BrFNO4. The Morgan fingerprint density at radius 1 is 1.48 bits per heavy atom. The first-order valence-electron chi connectivity index (χ1n) is 6.53. The van der Waals surface area contributed by atoms with Gasteiger partial charge in [0.25, 0.3) is 5.91 Å². The van der Waals surface area contributed by atoms with Crippen LogP contribution in [0.4, 0.5) is 4.39 Å². The van der Waals surface area contributed by atoms with Crippen molar-refractivity contribution in [3.05, 3.63) is 28.5 Å². The van der Waals surface area contributed by atoms with Gasteiger partial charge in [-0.1, -0.05) is 0 Å². The summed E-state index contributed by atoms with van der Waals surface area (Å²) in [4.78, 5) is 23.1. The number of aliphatic carboxylic acids is 1. The fraction of sp³-hybridized carbons (Fsp3) is 0.429. The van der Waals surface area contributed by atoms with Gasteiger partial charge < -0.3 is 15.2 Å². The summed E-state index contributed by atoms with van der Waals surface area (Å²) < 4.78 is 18.8. The molecule has 0 aliphatic heterocycles. The van der Waals surface area contributed by atoms with E-state index in [9.17, 15) is 14.0 Å². The number of amides is 1. The molecule has 5 nitrogen and oxygen atoms in total. The highest BCUT2D eigenvalue weighted by atomic mass is 79.9. The molecule has 1 aliphatic carbocycles. The van der Waals surface area contributed by atoms with Crippen molar-refractivity contribution in [3.8, 4) is 5.75 Å². The number of hydrogen-bond acceptors (Lipinski definition) is 3. The van der Waals surface area contributed by atoms with Crippen molar-refractivity contribution < 1.29 is 23.8 Å². The van der Waals surface area contributed by atoms with Crippen LogP contribution in [0.5, 0.6) is 5.75 Å². The van der Waals surface area contributed by atoms with Crippen LogP contribution >= 0.6 is 15.9 Å². The quantitative estimate of drug-likeness (QED) is 0.817. The van der Waals surface area contributed by atoms with Crippen molar-refractivity contribution in [2.45, 2.75) is 31.9 Å². The summed E-state index contributed by atoms with van der Waals surface area (Å²) in [5, 5.41) is 11.6. The Labute approximate surface area is 129 Å². The molecule has 0 radical (unpaired) electrons. The summed E-state index contributed by atoms with van der Waals surface area (Å²) in [6, 6.07) is 2.97. The lowest BCUT2D eigenvalue weighted by atomic mass is 10.2. The van der Waals surface area contributed by atoms with Crippen molar-refractivity contribution in [3.63, 3.8) is 0 Å². The van der Waals surface area contributed by atoms with Crippen molar-refractivity contribution >= 4 is 27.8 Å². The van der Waals surface area contributed by atoms with Crippen molar-refractivity contribution in [2.24, 2.45) is 5.92 Å². The third-order valence-corrected chi connectivity index (χ3v) is 3.84. The smallest absolute Gasteiger partial charge is 0.326 e. The molecule has 0 heterocycles. The third-order valence-electron chi connectivity index (χ3n) is 3.22. The number of carboxylic acid groups (broad SMARTS) is 1. The Kier molecular flexibility index (Phi) is 4.82. The molecule has 7 heteroatoms. The summed E-state index contributed by atoms with van der Waals surface area (Å²) in [6.45, 7) is 1.51. The van der Waals surface area contributed by atoms with E-state index in [0.717, 1.165) is 12.8 Å². The second kappa shape index (κ2) is 6.43. The van der Waals surface area contributed by atoms with Gasteiger partial charge in [-0.05, 0) is 59.8 Å². The van der Waals surface area contributed by atoms with Gasteiger partial charge in [0.05, 0.1) is 4.47 Å². The van der Waals surface area contributed by atoms with Crippen molar-refractivity contribution in [1.82, 2.24) is 5.32 Å². The molecule has 21 heavy (non-hydrogen) atoms. The van der Waals surface area contributed by atoms with Crippen LogP contribution in [-0.2, 0) is 9.59 Å². The number of hydrogen-bond donors (Lipinski definition) is 2. The largest absolute Gasteiger partial charge is 0.480 e. The highest BCUT2D eigenvalue weighted by molar-refractivity contribution is 9.10. The first-order valence-corrected chi connectivity index (χ1v) is 7.32. The predicted octanol–water partition coefficient (Wildman–Crippen LogP) is 2.33. The van der Waals surface area contributed by atoms with Gasteiger partial charge in [-0.2, -0.15) is 0 Å². The van der Waals surface area contributed by atoms with Gasteiger partial charge in [0.15, 0.2) is 6.10 Å². The summed E-state index contributed by atoms with van der Waals surface area (Å²) in [6.07, 6.45) is 0.721. The zero-order valence-electron chi connectivity index (χ0n) is 11.3. The summed E-state index contributed by atoms with van der Waals surface area (Å²) in [7, 11) is 0. The Bertz CT molecular complexity index is 562. The molecule has 2 N–H and O–H groups in total. The van der Waals surface area contributed by atoms with Crippen LogP contribution in [0.25, 0.3) is 0 Å². The molecular weight excluding hydrogens is 345 g/mol. The SMILES string of the molecule is CC(Oc1ccc(F)cc1Br)C(=O)NC(C(=O)O)C1CC1. The minimum atomic E-state index is -1.04. The van der Waals surface area contributed by atoms with Crippen molar-refractivity contribution in [1.29, 1.82) is 0 Å². The molecule has 1 aromatic rings. The molecule has 1 fully saturated rings. The first-order chi connectivity index (χ1) is 9.88. The second-order valence-corrected chi connectivity index (χ2v) is 5.85. The third kappa shape index (κ3) is 4.17. The lowest BCUT2D eigenvalue weighted by Gasteiger charge is -2.19. The number of rotatable bonds is 6. The van der Waals surface area contributed by atoms with Gasteiger partial charge in [0.1, 0.15) is 17.6 Å². The van der Waals surface area contributed by atoms with Crippen LogP contribution in [0.1, 0.15) is 19.8 Å². The van der Waals surface area contributed by atoms with Gasteiger partial charge >= 0.3 is 5.97 Å². The minimum absolute atomic E-state index is 0.00351. The first kappa shape index (κ1) is 15.8. The maximum atomic E-state index is 13.0. The number of carbonyl (C=O) groups is 2. The van der Waals surface area contributed by atoms with E-state index in [1.807, 2.05) is 0 Å². The minimum Gasteiger partial charge on any atom is -0.480 e. The van der Waals surface area contributed by atoms with E-state index in [2.05, 4.69) is 21.2 Å². The van der Waals surface area contributed by atoms with E-state index in [0.29, 0.717) is 10.2 Å². The van der Waals surface area contributed by atoms with Gasteiger partial charge in [0, 0.05) is 0 Å². The number of carbonyl (C=O) groups excluding carboxylic acids is 1. The number of ether oxygens (including phenoxy) is 1. The lowest BCUT2D eigenvalue weighted by Crippen LogP contribution is -2.47. The molecule has 1 saturated carbocycles. The van der Waals surface area contributed by atoms with E-state index >= 15 is 0 Å². The van der Waals surface area contributed by atoms with Gasteiger partial charge in [-0.15, -0.1) is 0 Å². The Balaban J connectivity index is 1.97. The number of benzene rings is 1. The van der Waals surface area contributed by atoms with Crippen molar-refractivity contribution in [2.75, 3.05) is 0 Å². The van der Waals surface area contributed by atoms with Gasteiger partial charge in [0.2, 0.25) is 0 Å². The molecule has 1 aliphatic rings. The zero-order chi connectivity index (χ0) is 15.6. The van der Waals surface area contributed by atoms with E-state index in [-0.39, 0.29) is 5.92 Å². The van der Waals surface area contributed by atoms with E-state index in [4.69, 9.17) is 9.84 Å². The molecule has 2 unspecified atom stereocenters. The average Bonchev–Trinajstić information content (AvgIpc) is 3.22. The normalized spacial score (nSPS) is 16.9. The maximum absolute atomic E-state index is 13.0. The monoisotopic (exact) mass is 359 g/mol.